The number of Topliss-reactive ketones (excluding diaryl/α,β-unsaturated/α-hetero) is 1. The molecule has 0 unspecified atom stereocenters. The molecular formula is C47H79N9O11. The second-order valence-electron chi connectivity index (χ2n) is 17.8. The lowest BCUT2D eigenvalue weighted by Gasteiger charge is -2.31. The van der Waals surface area contributed by atoms with Gasteiger partial charge < -0.3 is 51.3 Å². The third-order valence-electron chi connectivity index (χ3n) is 11.7. The van der Waals surface area contributed by atoms with Gasteiger partial charge in [-0.3, -0.25) is 43.4 Å². The highest BCUT2D eigenvalue weighted by atomic mass is 16.4. The van der Waals surface area contributed by atoms with Gasteiger partial charge in [-0.15, -0.1) is 0 Å². The molecular weight excluding hydrogens is 867 g/mol. The molecule has 0 radical (unpaired) electrons. The van der Waals surface area contributed by atoms with Gasteiger partial charge in [-0.05, 0) is 91.3 Å². The summed E-state index contributed by atoms with van der Waals surface area (Å²) < 4.78 is 0. The van der Waals surface area contributed by atoms with Crippen LogP contribution in [0.3, 0.4) is 0 Å². The van der Waals surface area contributed by atoms with Crippen molar-refractivity contribution in [3.63, 3.8) is 0 Å². The molecule has 67 heavy (non-hydrogen) atoms. The molecule has 2 rings (SSSR count). The van der Waals surface area contributed by atoms with Crippen LogP contribution in [0.25, 0.3) is 0 Å². The van der Waals surface area contributed by atoms with Crippen molar-refractivity contribution in [2.24, 2.45) is 0 Å². The third kappa shape index (κ3) is 28.6. The Hall–Kier alpha value is -5.18. The lowest BCUT2D eigenvalue weighted by atomic mass is 10.0. The fourth-order valence-corrected chi connectivity index (χ4v) is 7.47. The van der Waals surface area contributed by atoms with Gasteiger partial charge in [0, 0.05) is 104 Å². The molecule has 1 fully saturated rings. The number of carbonyl (C=O) groups is 8. The highest BCUT2D eigenvalue weighted by molar-refractivity contribution is 5.92. The molecule has 0 spiro atoms. The fourth-order valence-electron chi connectivity index (χ4n) is 7.47. The number of nitrogens with one attached hydrogen (secondary N) is 4. The van der Waals surface area contributed by atoms with E-state index in [0.29, 0.717) is 104 Å². The zero-order valence-corrected chi connectivity index (χ0v) is 40.4. The standard InChI is InChI=1S/C47H79N9O11/c1-36-14-17-38(18-15-36)11-10-13-41(58)48-22-8-6-12-39(51-42(59)33-54-29-27-52(3)25-26-53(4)28-30-55(32-31-54)34-45(63)64)40(57)19-20-43(60)56(35-46(65)66)24-9-5-7-23-49-47(67)50-37(2)16-21-44(61)62/h14-15,17-18,37,39H,5-13,16,19-35H2,1-4H3,(H,48,58)(H,51,59)(H,61,62)(H,63,64)(H,65,66)(H2,49,50,67)/t37-,39+/m1/s1. The van der Waals surface area contributed by atoms with Crippen molar-refractivity contribution in [3.8, 4) is 0 Å². The fraction of sp³-hybridized carbons (Fsp3) is 0.702. The minimum Gasteiger partial charge on any atom is -0.481 e. The number of aliphatic carboxylic acids is 3. The van der Waals surface area contributed by atoms with E-state index >= 15 is 0 Å². The molecule has 1 aliphatic heterocycles. The number of carboxylic acids is 3. The molecule has 0 bridgehead atoms. The summed E-state index contributed by atoms with van der Waals surface area (Å²) >= 11 is 0. The van der Waals surface area contributed by atoms with E-state index in [9.17, 15) is 48.6 Å². The van der Waals surface area contributed by atoms with Crippen LogP contribution in [-0.4, -0.2) is 205 Å². The van der Waals surface area contributed by atoms with E-state index in [1.54, 1.807) is 6.92 Å². The van der Waals surface area contributed by atoms with Gasteiger partial charge in [0.2, 0.25) is 17.7 Å². The number of unbranched alkanes of at least 4 members (excludes halogenated alkanes) is 3. The maximum absolute atomic E-state index is 13.8. The first-order chi connectivity index (χ1) is 31.9. The first kappa shape index (κ1) is 57.9. The van der Waals surface area contributed by atoms with Crippen LogP contribution in [0.4, 0.5) is 4.79 Å². The molecule has 5 amide bonds. The van der Waals surface area contributed by atoms with Gasteiger partial charge in [0.05, 0.1) is 19.1 Å². The Morgan fingerprint density at radius 2 is 1.21 bits per heavy atom. The number of benzene rings is 1. The Labute approximate surface area is 396 Å². The van der Waals surface area contributed by atoms with E-state index in [0.717, 1.165) is 19.5 Å². The zero-order chi connectivity index (χ0) is 49.6. The van der Waals surface area contributed by atoms with Crippen molar-refractivity contribution in [2.75, 3.05) is 106 Å². The molecule has 2 atom stereocenters. The lowest BCUT2D eigenvalue weighted by Crippen LogP contribution is -2.49. The molecule has 7 N–H and O–H groups in total. The average Bonchev–Trinajstić information content (AvgIpc) is 3.26. The summed E-state index contributed by atoms with van der Waals surface area (Å²) in [6, 6.07) is 6.54. The van der Waals surface area contributed by atoms with Crippen molar-refractivity contribution in [3.05, 3.63) is 35.4 Å². The number of likely N-dealkylation sites (N-methyl/N-ethyl adjacent to an activating group) is 2. The quantitative estimate of drug-likeness (QED) is 0.0541. The molecule has 0 aliphatic carbocycles. The minimum atomic E-state index is -1.20. The van der Waals surface area contributed by atoms with Gasteiger partial charge in [0.15, 0.2) is 5.78 Å². The second-order valence-corrected chi connectivity index (χ2v) is 17.8. The van der Waals surface area contributed by atoms with Gasteiger partial charge in [0.25, 0.3) is 0 Å². The Morgan fingerprint density at radius 3 is 1.84 bits per heavy atom. The summed E-state index contributed by atoms with van der Waals surface area (Å²) in [4.78, 5) is 109. The Balaban J connectivity index is 2.01. The summed E-state index contributed by atoms with van der Waals surface area (Å²) in [6.07, 6.45) is 4.50. The predicted octanol–water partition coefficient (Wildman–Crippen LogP) is 1.64. The van der Waals surface area contributed by atoms with Crippen molar-refractivity contribution in [1.29, 1.82) is 0 Å². The van der Waals surface area contributed by atoms with Crippen LogP contribution in [0.15, 0.2) is 24.3 Å². The number of carbonyl (C=O) groups excluding carboxylic acids is 5. The monoisotopic (exact) mass is 946 g/mol. The molecule has 20 nitrogen and oxygen atoms in total. The second kappa shape index (κ2) is 33.3. The van der Waals surface area contributed by atoms with Crippen molar-refractivity contribution >= 4 is 47.4 Å². The number of aryl methyl sites for hydroxylation is 2. The summed E-state index contributed by atoms with van der Waals surface area (Å²) in [5, 5.41) is 39.1. The maximum Gasteiger partial charge on any atom is 0.323 e. The minimum absolute atomic E-state index is 0.0332. The normalized spacial score (nSPS) is 15.5. The number of amides is 5. The van der Waals surface area contributed by atoms with Crippen LogP contribution in [0.5, 0.6) is 0 Å². The average molecular weight is 946 g/mol. The molecule has 1 heterocycles. The first-order valence-electron chi connectivity index (χ1n) is 23.8. The number of carboxylic acid groups (broad SMARTS) is 3. The predicted molar refractivity (Wildman–Crippen MR) is 254 cm³/mol. The van der Waals surface area contributed by atoms with E-state index in [4.69, 9.17) is 5.11 Å². The van der Waals surface area contributed by atoms with E-state index in [2.05, 4.69) is 43.2 Å². The first-order valence-corrected chi connectivity index (χ1v) is 23.8. The van der Waals surface area contributed by atoms with Crippen molar-refractivity contribution < 1.29 is 53.7 Å². The molecule has 1 aromatic carbocycles. The van der Waals surface area contributed by atoms with E-state index in [-0.39, 0.29) is 63.0 Å². The largest absolute Gasteiger partial charge is 0.481 e. The van der Waals surface area contributed by atoms with Crippen LogP contribution in [0.1, 0.15) is 95.1 Å². The molecule has 378 valence electrons. The van der Waals surface area contributed by atoms with Crippen LogP contribution >= 0.6 is 0 Å². The van der Waals surface area contributed by atoms with Gasteiger partial charge >= 0.3 is 23.9 Å². The zero-order valence-electron chi connectivity index (χ0n) is 40.4. The lowest BCUT2D eigenvalue weighted by molar-refractivity contribution is -0.144. The smallest absolute Gasteiger partial charge is 0.323 e. The van der Waals surface area contributed by atoms with E-state index < -0.39 is 48.3 Å². The molecule has 0 saturated carbocycles. The van der Waals surface area contributed by atoms with E-state index in [1.165, 1.54) is 16.0 Å². The number of rotatable bonds is 30. The SMILES string of the molecule is Cc1ccc(CCCC(=O)NCCCC[C@H](NC(=O)CN2CCN(C)CCN(C)CCN(CC(=O)O)CC2)C(=O)CCC(=O)N(CCCCCNC(=O)N[C@H](C)CCC(=O)O)CC(=O)O)cc1. The molecule has 1 saturated heterocycles. The molecule has 1 aromatic rings. The third-order valence-corrected chi connectivity index (χ3v) is 11.7. The Morgan fingerprint density at radius 1 is 0.612 bits per heavy atom. The molecule has 20 heteroatoms. The maximum atomic E-state index is 13.8. The number of urea groups is 1. The van der Waals surface area contributed by atoms with Crippen LogP contribution < -0.4 is 21.3 Å². The number of hydrogen-bond donors (Lipinski definition) is 7. The Kier molecular flexibility index (Phi) is 28.8. The molecule has 1 aliphatic rings. The summed E-state index contributed by atoms with van der Waals surface area (Å²) in [5.74, 6) is -4.43. The van der Waals surface area contributed by atoms with Crippen molar-refractivity contribution in [1.82, 2.24) is 45.8 Å². The number of ketones is 1. The van der Waals surface area contributed by atoms with E-state index in [1.807, 2.05) is 43.0 Å². The Bertz CT molecular complexity index is 1700. The van der Waals surface area contributed by atoms with Gasteiger partial charge in [-0.2, -0.15) is 0 Å². The van der Waals surface area contributed by atoms with Gasteiger partial charge in [-0.1, -0.05) is 29.8 Å². The number of hydrogen-bond acceptors (Lipinski definition) is 12. The van der Waals surface area contributed by atoms with Gasteiger partial charge in [0.1, 0.15) is 6.54 Å². The van der Waals surface area contributed by atoms with Gasteiger partial charge in [-0.25, -0.2) is 4.79 Å². The molecule has 0 aromatic heterocycles. The highest BCUT2D eigenvalue weighted by Gasteiger charge is 2.25. The van der Waals surface area contributed by atoms with Crippen LogP contribution in [0.2, 0.25) is 0 Å². The summed E-state index contributed by atoms with van der Waals surface area (Å²) in [6.45, 7) is 8.76. The topological polar surface area (TPSA) is 262 Å². The van der Waals surface area contributed by atoms with Crippen LogP contribution in [-0.2, 0) is 40.0 Å². The number of nitrogens with zero attached hydrogens (tertiary/aromatic N) is 5. The summed E-state index contributed by atoms with van der Waals surface area (Å²) in [5.41, 5.74) is 2.35. The summed E-state index contributed by atoms with van der Waals surface area (Å²) in [7, 11) is 4.01. The van der Waals surface area contributed by atoms with Crippen molar-refractivity contribution in [2.45, 2.75) is 109 Å². The van der Waals surface area contributed by atoms with Crippen LogP contribution in [0, 0.1) is 6.92 Å². The highest BCUT2D eigenvalue weighted by Crippen LogP contribution is 2.11.